The number of carbonyl (C=O) groups is 2. The number of methoxy groups -OCH3 is 1. The summed E-state index contributed by atoms with van der Waals surface area (Å²) >= 11 is 0. The van der Waals surface area contributed by atoms with E-state index in [1.54, 1.807) is 12.1 Å². The fraction of sp³-hybridized carbons (Fsp3) is 0.300. The van der Waals surface area contributed by atoms with Crippen molar-refractivity contribution < 1.29 is 19.2 Å². The van der Waals surface area contributed by atoms with Crippen LogP contribution in [0.2, 0.25) is 0 Å². The molecule has 0 saturated carbocycles. The lowest BCUT2D eigenvalue weighted by Gasteiger charge is -2.15. The molecular weight excluding hydrogens is 316 g/mol. The van der Waals surface area contributed by atoms with E-state index in [9.17, 15) is 9.59 Å². The number of benzene rings is 2. The zero-order valence-corrected chi connectivity index (χ0v) is 15.2. The van der Waals surface area contributed by atoms with Crippen molar-refractivity contribution in [2.45, 2.75) is 20.4 Å². The highest BCUT2D eigenvalue weighted by atomic mass is 16.5. The van der Waals surface area contributed by atoms with Crippen molar-refractivity contribution in [1.29, 1.82) is 0 Å². The summed E-state index contributed by atoms with van der Waals surface area (Å²) in [5.41, 5.74) is 4.69. The predicted octanol–water partition coefficient (Wildman–Crippen LogP) is 1.74. The molecule has 2 rings (SSSR count). The SMILES string of the molecule is COC(=O)c1ccc(C[NH+](C)CC(=O)Nc2cccc(C)c2C)cc1. The third-order valence-corrected chi connectivity index (χ3v) is 4.22. The fourth-order valence-corrected chi connectivity index (χ4v) is 2.64. The maximum atomic E-state index is 12.3. The number of quaternary nitrogens is 1. The van der Waals surface area contributed by atoms with Gasteiger partial charge in [-0.1, -0.05) is 24.3 Å². The summed E-state index contributed by atoms with van der Waals surface area (Å²) in [6.45, 7) is 5.10. The molecule has 5 nitrogen and oxygen atoms in total. The first-order valence-electron chi connectivity index (χ1n) is 8.25. The zero-order chi connectivity index (χ0) is 18.4. The molecule has 1 atom stereocenters. The summed E-state index contributed by atoms with van der Waals surface area (Å²) in [7, 11) is 3.33. The first-order chi connectivity index (χ1) is 11.9. The third-order valence-electron chi connectivity index (χ3n) is 4.22. The number of hydrogen-bond donors (Lipinski definition) is 2. The van der Waals surface area contributed by atoms with Crippen molar-refractivity contribution >= 4 is 17.6 Å². The van der Waals surface area contributed by atoms with Crippen molar-refractivity contribution in [2.24, 2.45) is 0 Å². The minimum Gasteiger partial charge on any atom is -0.465 e. The normalized spacial score (nSPS) is 11.7. The number of amides is 1. The van der Waals surface area contributed by atoms with E-state index < -0.39 is 0 Å². The number of esters is 1. The molecule has 2 aromatic carbocycles. The van der Waals surface area contributed by atoms with Crippen molar-refractivity contribution in [1.82, 2.24) is 0 Å². The number of aryl methyl sites for hydroxylation is 1. The average molecular weight is 341 g/mol. The fourth-order valence-electron chi connectivity index (χ4n) is 2.64. The van der Waals surface area contributed by atoms with Crippen LogP contribution in [-0.4, -0.2) is 32.6 Å². The maximum absolute atomic E-state index is 12.3. The predicted molar refractivity (Wildman–Crippen MR) is 97.8 cm³/mol. The monoisotopic (exact) mass is 341 g/mol. The first kappa shape index (κ1) is 18.7. The summed E-state index contributed by atoms with van der Waals surface area (Å²) in [6.07, 6.45) is 0. The second kappa shape index (κ2) is 8.44. The molecular formula is C20H25N2O3+. The highest BCUT2D eigenvalue weighted by molar-refractivity contribution is 5.92. The Morgan fingerprint density at radius 1 is 1.08 bits per heavy atom. The summed E-state index contributed by atoms with van der Waals surface area (Å²) in [5, 5.41) is 2.98. The standard InChI is InChI=1S/C20H24N2O3/c1-14-6-5-7-18(15(14)2)21-19(23)13-22(3)12-16-8-10-17(11-9-16)20(24)25-4/h5-11H,12-13H2,1-4H3,(H,21,23)/p+1. The summed E-state index contributed by atoms with van der Waals surface area (Å²) in [6, 6.07) is 13.1. The second-order valence-corrected chi connectivity index (χ2v) is 6.29. The Balaban J connectivity index is 1.91. The van der Waals surface area contributed by atoms with Crippen LogP contribution in [0.1, 0.15) is 27.0 Å². The van der Waals surface area contributed by atoms with E-state index in [4.69, 9.17) is 0 Å². The van der Waals surface area contributed by atoms with Gasteiger partial charge in [-0.15, -0.1) is 0 Å². The molecule has 0 saturated heterocycles. The smallest absolute Gasteiger partial charge is 0.337 e. The van der Waals surface area contributed by atoms with Crippen LogP contribution in [0.5, 0.6) is 0 Å². The number of rotatable bonds is 6. The highest BCUT2D eigenvalue weighted by Gasteiger charge is 2.13. The molecule has 5 heteroatoms. The lowest BCUT2D eigenvalue weighted by Crippen LogP contribution is -3.08. The van der Waals surface area contributed by atoms with E-state index in [0.29, 0.717) is 18.7 Å². The third kappa shape index (κ3) is 5.16. The quantitative estimate of drug-likeness (QED) is 0.787. The van der Waals surface area contributed by atoms with Gasteiger partial charge in [-0.25, -0.2) is 4.79 Å². The lowest BCUT2D eigenvalue weighted by atomic mass is 10.1. The van der Waals surface area contributed by atoms with Crippen LogP contribution in [0.25, 0.3) is 0 Å². The number of anilines is 1. The van der Waals surface area contributed by atoms with Crippen molar-refractivity contribution in [2.75, 3.05) is 26.0 Å². The molecule has 25 heavy (non-hydrogen) atoms. The van der Waals surface area contributed by atoms with Gasteiger partial charge in [0.05, 0.1) is 19.7 Å². The van der Waals surface area contributed by atoms with Crippen LogP contribution < -0.4 is 10.2 Å². The van der Waals surface area contributed by atoms with Crippen LogP contribution in [-0.2, 0) is 16.1 Å². The number of hydrogen-bond acceptors (Lipinski definition) is 3. The molecule has 2 N–H and O–H groups in total. The Kier molecular flexibility index (Phi) is 6.31. The first-order valence-corrected chi connectivity index (χ1v) is 8.25. The molecule has 0 spiro atoms. The Morgan fingerprint density at radius 2 is 1.76 bits per heavy atom. The molecule has 0 radical (unpaired) electrons. The van der Waals surface area contributed by atoms with E-state index >= 15 is 0 Å². The van der Waals surface area contributed by atoms with Gasteiger partial charge in [-0.05, 0) is 43.2 Å². The number of carbonyl (C=O) groups excluding carboxylic acids is 2. The molecule has 0 aliphatic rings. The van der Waals surface area contributed by atoms with Crippen LogP contribution in [0, 0.1) is 13.8 Å². The highest BCUT2D eigenvalue weighted by Crippen LogP contribution is 2.17. The minimum absolute atomic E-state index is 0.0163. The molecule has 1 unspecified atom stereocenters. The van der Waals surface area contributed by atoms with E-state index in [1.807, 2.05) is 51.2 Å². The molecule has 0 heterocycles. The molecule has 1 amide bonds. The molecule has 2 aromatic rings. The van der Waals surface area contributed by atoms with E-state index in [-0.39, 0.29) is 11.9 Å². The summed E-state index contributed by atoms with van der Waals surface area (Å²) in [5.74, 6) is -0.363. The summed E-state index contributed by atoms with van der Waals surface area (Å²) < 4.78 is 4.69. The molecule has 0 fully saturated rings. The van der Waals surface area contributed by atoms with Gasteiger partial charge < -0.3 is 15.0 Å². The minimum atomic E-state index is -0.347. The van der Waals surface area contributed by atoms with Crippen LogP contribution in [0.4, 0.5) is 5.69 Å². The van der Waals surface area contributed by atoms with E-state index in [0.717, 1.165) is 27.3 Å². The topological polar surface area (TPSA) is 59.8 Å². The van der Waals surface area contributed by atoms with Gasteiger partial charge in [0.25, 0.3) is 5.91 Å². The molecule has 0 bridgehead atoms. The van der Waals surface area contributed by atoms with Gasteiger partial charge in [0.2, 0.25) is 0 Å². The van der Waals surface area contributed by atoms with E-state index in [2.05, 4.69) is 10.1 Å². The molecule has 0 aromatic heterocycles. The number of ether oxygens (including phenoxy) is 1. The largest absolute Gasteiger partial charge is 0.465 e. The zero-order valence-electron chi connectivity index (χ0n) is 15.2. The van der Waals surface area contributed by atoms with Crippen LogP contribution >= 0.6 is 0 Å². The Hall–Kier alpha value is -2.66. The van der Waals surface area contributed by atoms with Gasteiger partial charge in [-0.2, -0.15) is 0 Å². The van der Waals surface area contributed by atoms with Crippen molar-refractivity contribution in [3.8, 4) is 0 Å². The second-order valence-electron chi connectivity index (χ2n) is 6.29. The van der Waals surface area contributed by atoms with Gasteiger partial charge in [0, 0.05) is 11.3 Å². The van der Waals surface area contributed by atoms with Gasteiger partial charge in [0.15, 0.2) is 6.54 Å². The van der Waals surface area contributed by atoms with Crippen LogP contribution in [0.15, 0.2) is 42.5 Å². The van der Waals surface area contributed by atoms with Gasteiger partial charge in [0.1, 0.15) is 6.54 Å². The lowest BCUT2D eigenvalue weighted by molar-refractivity contribution is -0.885. The van der Waals surface area contributed by atoms with Crippen LogP contribution in [0.3, 0.4) is 0 Å². The summed E-state index contributed by atoms with van der Waals surface area (Å²) in [4.78, 5) is 24.8. The molecule has 132 valence electrons. The van der Waals surface area contributed by atoms with Gasteiger partial charge in [-0.3, -0.25) is 4.79 Å². The Morgan fingerprint density at radius 3 is 2.40 bits per heavy atom. The van der Waals surface area contributed by atoms with Gasteiger partial charge >= 0.3 is 5.97 Å². The van der Waals surface area contributed by atoms with Crippen molar-refractivity contribution in [3.63, 3.8) is 0 Å². The van der Waals surface area contributed by atoms with Crippen molar-refractivity contribution in [3.05, 3.63) is 64.7 Å². The Labute approximate surface area is 148 Å². The maximum Gasteiger partial charge on any atom is 0.337 e. The van der Waals surface area contributed by atoms with E-state index in [1.165, 1.54) is 7.11 Å². The molecule has 0 aliphatic carbocycles. The average Bonchev–Trinajstić information content (AvgIpc) is 2.58. The number of nitrogens with one attached hydrogen (secondary N) is 2. The number of likely N-dealkylation sites (N-methyl/N-ethyl adjacent to an activating group) is 1. The Bertz CT molecular complexity index is 754. The molecule has 0 aliphatic heterocycles.